The van der Waals surface area contributed by atoms with E-state index in [0.29, 0.717) is 0 Å². The molecule has 0 aliphatic rings. The summed E-state index contributed by atoms with van der Waals surface area (Å²) in [4.78, 5) is 2.37. The number of benzene rings is 9. The molecular formula is C50H32N2O. The third-order valence-corrected chi connectivity index (χ3v) is 10.7. The second-order valence-corrected chi connectivity index (χ2v) is 13.8. The Balaban J connectivity index is 1.24. The van der Waals surface area contributed by atoms with Gasteiger partial charge in [0, 0.05) is 49.9 Å². The molecule has 2 heterocycles. The van der Waals surface area contributed by atoms with Crippen LogP contribution in [-0.2, 0) is 0 Å². The van der Waals surface area contributed by atoms with Crippen LogP contribution in [0.4, 0.5) is 17.1 Å². The highest BCUT2D eigenvalue weighted by atomic mass is 16.3. The predicted molar refractivity (Wildman–Crippen MR) is 223 cm³/mol. The van der Waals surface area contributed by atoms with Crippen LogP contribution in [-0.4, -0.2) is 4.57 Å². The molecule has 0 aliphatic carbocycles. The molecule has 0 bridgehead atoms. The highest BCUT2D eigenvalue weighted by Crippen LogP contribution is 2.46. The Morgan fingerprint density at radius 1 is 0.396 bits per heavy atom. The molecule has 3 nitrogen and oxygen atoms in total. The van der Waals surface area contributed by atoms with Crippen molar-refractivity contribution >= 4 is 82.4 Å². The lowest BCUT2D eigenvalue weighted by molar-refractivity contribution is 0.670. The molecule has 53 heavy (non-hydrogen) atoms. The van der Waals surface area contributed by atoms with Crippen molar-refractivity contribution in [3.05, 3.63) is 194 Å². The third-order valence-electron chi connectivity index (χ3n) is 10.7. The number of para-hydroxylation sites is 3. The van der Waals surface area contributed by atoms with E-state index in [0.717, 1.165) is 61.3 Å². The number of nitrogens with zero attached hydrogens (tertiary/aromatic N) is 2. The third kappa shape index (κ3) is 4.68. The van der Waals surface area contributed by atoms with E-state index in [-0.39, 0.29) is 0 Å². The van der Waals surface area contributed by atoms with Crippen LogP contribution in [0.15, 0.2) is 199 Å². The van der Waals surface area contributed by atoms with Crippen LogP contribution in [0, 0.1) is 0 Å². The summed E-state index contributed by atoms with van der Waals surface area (Å²) in [7, 11) is 0. The van der Waals surface area contributed by atoms with Gasteiger partial charge in [-0.1, -0.05) is 127 Å². The number of hydrogen-bond acceptors (Lipinski definition) is 2. The van der Waals surface area contributed by atoms with Crippen LogP contribution in [0.25, 0.3) is 82.1 Å². The van der Waals surface area contributed by atoms with E-state index < -0.39 is 0 Å². The van der Waals surface area contributed by atoms with Gasteiger partial charge in [-0.3, -0.25) is 0 Å². The summed E-state index contributed by atoms with van der Waals surface area (Å²) in [6.07, 6.45) is 0. The highest BCUT2D eigenvalue weighted by molar-refractivity contribution is 6.22. The van der Waals surface area contributed by atoms with Crippen LogP contribution in [0.5, 0.6) is 0 Å². The fourth-order valence-electron chi connectivity index (χ4n) is 8.31. The maximum absolute atomic E-state index is 6.91. The molecule has 11 aromatic rings. The zero-order chi connectivity index (χ0) is 34.9. The molecule has 0 saturated carbocycles. The van der Waals surface area contributed by atoms with Gasteiger partial charge in [-0.2, -0.15) is 0 Å². The maximum atomic E-state index is 6.91. The van der Waals surface area contributed by atoms with Gasteiger partial charge in [0.15, 0.2) is 0 Å². The topological polar surface area (TPSA) is 21.3 Å². The molecule has 0 radical (unpaired) electrons. The zero-order valence-corrected chi connectivity index (χ0v) is 28.8. The molecule has 0 unspecified atom stereocenters. The van der Waals surface area contributed by atoms with Crippen molar-refractivity contribution in [1.29, 1.82) is 0 Å². The summed E-state index contributed by atoms with van der Waals surface area (Å²) >= 11 is 0. The van der Waals surface area contributed by atoms with Crippen molar-refractivity contribution in [2.75, 3.05) is 4.90 Å². The quantitative estimate of drug-likeness (QED) is 0.181. The van der Waals surface area contributed by atoms with Gasteiger partial charge in [-0.25, -0.2) is 0 Å². The average Bonchev–Trinajstić information content (AvgIpc) is 3.77. The Morgan fingerprint density at radius 3 is 1.92 bits per heavy atom. The number of hydrogen-bond donors (Lipinski definition) is 0. The zero-order valence-electron chi connectivity index (χ0n) is 28.8. The van der Waals surface area contributed by atoms with E-state index in [1.165, 1.54) is 37.8 Å². The monoisotopic (exact) mass is 676 g/mol. The lowest BCUT2D eigenvalue weighted by Gasteiger charge is -2.26. The lowest BCUT2D eigenvalue weighted by Crippen LogP contribution is -2.10. The van der Waals surface area contributed by atoms with Crippen LogP contribution < -0.4 is 4.90 Å². The van der Waals surface area contributed by atoms with Crippen molar-refractivity contribution in [3.63, 3.8) is 0 Å². The number of furan rings is 1. The minimum Gasteiger partial charge on any atom is -0.455 e. The molecule has 9 aromatic carbocycles. The number of fused-ring (bicyclic) bond motifs is 9. The van der Waals surface area contributed by atoms with Crippen LogP contribution >= 0.6 is 0 Å². The number of aromatic nitrogens is 1. The molecule has 0 amide bonds. The van der Waals surface area contributed by atoms with Crippen molar-refractivity contribution in [1.82, 2.24) is 4.57 Å². The molecular weight excluding hydrogens is 645 g/mol. The summed E-state index contributed by atoms with van der Waals surface area (Å²) in [6.45, 7) is 0. The van der Waals surface area contributed by atoms with Crippen molar-refractivity contribution in [2.24, 2.45) is 0 Å². The van der Waals surface area contributed by atoms with Gasteiger partial charge in [-0.15, -0.1) is 0 Å². The standard InChI is InChI=1S/C50H32N2O/c1-3-16-37(17-4-1)51(39-26-23-33-13-7-8-15-35(33)29-39)40-31-44(50-45(32-40)49-41-20-10-9-14-34(41)25-28-48(49)53-50)36-24-27-43-42-21-11-12-22-46(42)52(47(43)30-36)38-18-5-2-6-19-38/h1-32H. The van der Waals surface area contributed by atoms with Gasteiger partial charge in [0.25, 0.3) is 0 Å². The molecule has 248 valence electrons. The van der Waals surface area contributed by atoms with E-state index in [9.17, 15) is 0 Å². The van der Waals surface area contributed by atoms with Gasteiger partial charge in [-0.05, 0) is 93.8 Å². The first-order valence-corrected chi connectivity index (χ1v) is 18.1. The van der Waals surface area contributed by atoms with Crippen LogP contribution in [0.3, 0.4) is 0 Å². The Kier molecular flexibility index (Phi) is 6.55. The second-order valence-electron chi connectivity index (χ2n) is 13.8. The molecule has 3 heteroatoms. The summed E-state index contributed by atoms with van der Waals surface area (Å²) in [5.74, 6) is 0. The normalized spacial score (nSPS) is 11.8. The smallest absolute Gasteiger partial charge is 0.143 e. The van der Waals surface area contributed by atoms with Crippen LogP contribution in [0.1, 0.15) is 0 Å². The van der Waals surface area contributed by atoms with Gasteiger partial charge in [0.1, 0.15) is 11.2 Å². The predicted octanol–water partition coefficient (Wildman–Crippen LogP) is 14.1. The molecule has 0 N–H and O–H groups in total. The lowest BCUT2D eigenvalue weighted by atomic mass is 9.97. The van der Waals surface area contributed by atoms with E-state index >= 15 is 0 Å². The first-order chi connectivity index (χ1) is 26.3. The molecule has 0 fully saturated rings. The fraction of sp³-hybridized carbons (Fsp3) is 0. The minimum absolute atomic E-state index is 0.883. The molecule has 0 spiro atoms. The van der Waals surface area contributed by atoms with Crippen LogP contribution in [0.2, 0.25) is 0 Å². The van der Waals surface area contributed by atoms with E-state index in [4.69, 9.17) is 4.42 Å². The summed E-state index contributed by atoms with van der Waals surface area (Å²) in [6, 6.07) is 69.7. The minimum atomic E-state index is 0.883. The van der Waals surface area contributed by atoms with Crippen molar-refractivity contribution in [2.45, 2.75) is 0 Å². The largest absolute Gasteiger partial charge is 0.455 e. The SMILES string of the molecule is c1ccc(N(c2ccc3ccccc3c2)c2cc(-c3ccc4c5ccccc5n(-c5ccccc5)c4c3)c3oc4ccc5ccccc5c4c3c2)cc1. The average molecular weight is 677 g/mol. The van der Waals surface area contributed by atoms with E-state index in [2.05, 4.69) is 204 Å². The van der Waals surface area contributed by atoms with Crippen molar-refractivity contribution in [3.8, 4) is 16.8 Å². The Morgan fingerprint density at radius 2 is 1.08 bits per heavy atom. The molecule has 0 aliphatic heterocycles. The van der Waals surface area contributed by atoms with Gasteiger partial charge < -0.3 is 13.9 Å². The van der Waals surface area contributed by atoms with E-state index in [1.54, 1.807) is 0 Å². The summed E-state index contributed by atoms with van der Waals surface area (Å²) < 4.78 is 9.29. The molecule has 2 aromatic heterocycles. The molecule has 11 rings (SSSR count). The first kappa shape index (κ1) is 29.6. The summed E-state index contributed by atoms with van der Waals surface area (Å²) in [5, 5.41) is 9.47. The Bertz CT molecular complexity index is 3170. The highest BCUT2D eigenvalue weighted by Gasteiger charge is 2.22. The first-order valence-electron chi connectivity index (χ1n) is 18.1. The van der Waals surface area contributed by atoms with Gasteiger partial charge in [0.2, 0.25) is 0 Å². The maximum Gasteiger partial charge on any atom is 0.143 e. The van der Waals surface area contributed by atoms with Gasteiger partial charge >= 0.3 is 0 Å². The Hall–Kier alpha value is -7.10. The number of anilines is 3. The molecule has 0 saturated heterocycles. The van der Waals surface area contributed by atoms with Crippen molar-refractivity contribution < 1.29 is 4.42 Å². The fourth-order valence-corrected chi connectivity index (χ4v) is 8.31. The second kappa shape index (κ2) is 11.7. The van der Waals surface area contributed by atoms with E-state index in [1.807, 2.05) is 0 Å². The molecule has 0 atom stereocenters. The summed E-state index contributed by atoms with van der Waals surface area (Å²) in [5.41, 5.74) is 10.6. The number of rotatable bonds is 5. The Labute approximate surface area is 306 Å². The van der Waals surface area contributed by atoms with Gasteiger partial charge in [0.05, 0.1) is 11.0 Å².